The maximum Gasteiger partial charge on any atom is 0.419 e. The van der Waals surface area contributed by atoms with Crippen molar-refractivity contribution < 1.29 is 15.0 Å². The molecule has 0 spiro atoms. The molecule has 0 radical (unpaired) electrons. The fraction of sp³-hybridized carbons (Fsp3) is 0. The Balaban J connectivity index is 2.89. The van der Waals surface area contributed by atoms with E-state index in [-0.39, 0.29) is 11.1 Å². The molecule has 1 heterocycles. The highest BCUT2D eigenvalue weighted by Gasteiger charge is 2.08. The summed E-state index contributed by atoms with van der Waals surface area (Å²) in [5.41, 5.74) is -0.376. The van der Waals surface area contributed by atoms with Crippen molar-refractivity contribution in [3.05, 3.63) is 34.9 Å². The third-order valence-corrected chi connectivity index (χ3v) is 1.95. The van der Waals surface area contributed by atoms with Gasteiger partial charge in [-0.25, -0.2) is 14.3 Å². The van der Waals surface area contributed by atoms with Gasteiger partial charge in [0.2, 0.25) is 0 Å². The highest BCUT2D eigenvalue weighted by molar-refractivity contribution is 5.81. The van der Waals surface area contributed by atoms with Crippen LogP contribution in [0.3, 0.4) is 0 Å². The van der Waals surface area contributed by atoms with E-state index in [0.717, 1.165) is 6.33 Å². The molecular formula is C9H6N2O4. The van der Waals surface area contributed by atoms with Gasteiger partial charge in [-0.05, 0) is 18.2 Å². The first kappa shape index (κ1) is 9.20. The first-order valence-electron chi connectivity index (χ1n) is 4.03. The summed E-state index contributed by atoms with van der Waals surface area (Å²) in [4.78, 5) is 25.9. The van der Waals surface area contributed by atoms with Gasteiger partial charge in [0.1, 0.15) is 12.1 Å². The summed E-state index contributed by atoms with van der Waals surface area (Å²) in [6, 6.07) is 4.00. The summed E-state index contributed by atoms with van der Waals surface area (Å²) >= 11 is 0. The molecule has 0 bridgehead atoms. The molecule has 0 unspecified atom stereocenters. The quantitative estimate of drug-likeness (QED) is 0.659. The standard InChI is InChI=1S/C9H6N2O4/c12-5-1-2-7-6(3-5)8(13)11(4-10-7)9(14)15/h1-4,12H,(H,14,15). The first-order valence-corrected chi connectivity index (χ1v) is 4.03. The van der Waals surface area contributed by atoms with Crippen LogP contribution in [0.15, 0.2) is 29.3 Å². The van der Waals surface area contributed by atoms with Gasteiger partial charge in [-0.3, -0.25) is 4.79 Å². The Bertz CT molecular complexity index is 603. The van der Waals surface area contributed by atoms with Gasteiger partial charge in [-0.15, -0.1) is 0 Å². The molecule has 6 nitrogen and oxygen atoms in total. The van der Waals surface area contributed by atoms with E-state index < -0.39 is 11.7 Å². The number of hydrogen-bond donors (Lipinski definition) is 2. The van der Waals surface area contributed by atoms with Gasteiger partial charge in [0, 0.05) is 0 Å². The molecule has 0 amide bonds. The number of nitrogens with zero attached hydrogens (tertiary/aromatic N) is 2. The van der Waals surface area contributed by atoms with Crippen molar-refractivity contribution in [1.29, 1.82) is 0 Å². The van der Waals surface area contributed by atoms with Crippen LogP contribution in [0.25, 0.3) is 10.9 Å². The fourth-order valence-corrected chi connectivity index (χ4v) is 1.25. The number of aromatic hydroxyl groups is 1. The second kappa shape index (κ2) is 3.09. The first-order chi connectivity index (χ1) is 7.09. The average Bonchev–Trinajstić information content (AvgIpc) is 2.19. The lowest BCUT2D eigenvalue weighted by Gasteiger charge is -2.00. The molecule has 0 aliphatic carbocycles. The van der Waals surface area contributed by atoms with E-state index >= 15 is 0 Å². The second-order valence-electron chi connectivity index (χ2n) is 2.90. The Morgan fingerprint density at radius 3 is 2.80 bits per heavy atom. The molecule has 76 valence electrons. The van der Waals surface area contributed by atoms with Crippen molar-refractivity contribution in [3.8, 4) is 5.75 Å². The summed E-state index contributed by atoms with van der Waals surface area (Å²) in [7, 11) is 0. The lowest BCUT2D eigenvalue weighted by atomic mass is 10.2. The minimum atomic E-state index is -1.40. The SMILES string of the molecule is O=C(O)n1cnc2ccc(O)cc2c1=O. The van der Waals surface area contributed by atoms with Crippen molar-refractivity contribution >= 4 is 17.0 Å². The summed E-state index contributed by atoms with van der Waals surface area (Å²) in [5.74, 6) is -0.107. The van der Waals surface area contributed by atoms with Crippen molar-refractivity contribution in [1.82, 2.24) is 9.55 Å². The van der Waals surface area contributed by atoms with Crippen molar-refractivity contribution in [2.24, 2.45) is 0 Å². The lowest BCUT2D eigenvalue weighted by Crippen LogP contribution is -2.25. The summed E-state index contributed by atoms with van der Waals surface area (Å²) in [6.07, 6.45) is -0.470. The number of phenolic OH excluding ortho intramolecular Hbond substituents is 1. The van der Waals surface area contributed by atoms with Crippen LogP contribution < -0.4 is 5.56 Å². The molecule has 0 saturated heterocycles. The molecule has 2 N–H and O–H groups in total. The number of rotatable bonds is 0. The maximum absolute atomic E-state index is 11.6. The molecule has 0 aliphatic heterocycles. The van der Waals surface area contributed by atoms with Gasteiger partial charge in [0.25, 0.3) is 5.56 Å². The molecule has 2 rings (SSSR count). The normalized spacial score (nSPS) is 10.4. The number of aromatic nitrogens is 2. The van der Waals surface area contributed by atoms with E-state index in [2.05, 4.69) is 4.98 Å². The van der Waals surface area contributed by atoms with Crippen LogP contribution in [-0.4, -0.2) is 25.9 Å². The summed E-state index contributed by atoms with van der Waals surface area (Å²) in [5, 5.41) is 17.9. The highest BCUT2D eigenvalue weighted by Crippen LogP contribution is 2.14. The Hall–Kier alpha value is -2.37. The predicted octanol–water partition coefficient (Wildman–Crippen LogP) is 0.628. The molecule has 0 aliphatic rings. The molecule has 1 aromatic heterocycles. The molecule has 2 aromatic rings. The van der Waals surface area contributed by atoms with E-state index in [1.807, 2.05) is 0 Å². The fourth-order valence-electron chi connectivity index (χ4n) is 1.25. The predicted molar refractivity (Wildman–Crippen MR) is 51.1 cm³/mol. The minimum Gasteiger partial charge on any atom is -0.508 e. The van der Waals surface area contributed by atoms with Crippen LogP contribution in [-0.2, 0) is 0 Å². The van der Waals surface area contributed by atoms with E-state index in [1.165, 1.54) is 18.2 Å². The zero-order valence-corrected chi connectivity index (χ0v) is 7.41. The van der Waals surface area contributed by atoms with Crippen molar-refractivity contribution in [3.63, 3.8) is 0 Å². The number of carbonyl (C=O) groups is 1. The van der Waals surface area contributed by atoms with Crippen LogP contribution in [0.2, 0.25) is 0 Å². The number of benzene rings is 1. The van der Waals surface area contributed by atoms with Gasteiger partial charge in [-0.2, -0.15) is 0 Å². The summed E-state index contributed by atoms with van der Waals surface area (Å²) in [6.45, 7) is 0. The number of fused-ring (bicyclic) bond motifs is 1. The van der Waals surface area contributed by atoms with Crippen LogP contribution >= 0.6 is 0 Å². The van der Waals surface area contributed by atoms with Gasteiger partial charge in [-0.1, -0.05) is 0 Å². The van der Waals surface area contributed by atoms with Gasteiger partial charge >= 0.3 is 6.09 Å². The van der Waals surface area contributed by atoms with Crippen LogP contribution in [0.1, 0.15) is 0 Å². The van der Waals surface area contributed by atoms with Crippen LogP contribution in [0, 0.1) is 0 Å². The monoisotopic (exact) mass is 206 g/mol. The summed E-state index contributed by atoms with van der Waals surface area (Å²) < 4.78 is 0.460. The van der Waals surface area contributed by atoms with Crippen LogP contribution in [0.5, 0.6) is 5.75 Å². The number of phenols is 1. The minimum absolute atomic E-state index is 0.0694. The highest BCUT2D eigenvalue weighted by atomic mass is 16.4. The zero-order valence-electron chi connectivity index (χ0n) is 7.41. The smallest absolute Gasteiger partial charge is 0.419 e. The average molecular weight is 206 g/mol. The van der Waals surface area contributed by atoms with Gasteiger partial charge < -0.3 is 10.2 Å². The Labute approximate surface area is 83.0 Å². The number of carboxylic acid groups (broad SMARTS) is 1. The second-order valence-corrected chi connectivity index (χ2v) is 2.90. The van der Waals surface area contributed by atoms with E-state index in [0.29, 0.717) is 10.1 Å². The molecule has 0 fully saturated rings. The molecule has 1 aromatic carbocycles. The van der Waals surface area contributed by atoms with Crippen molar-refractivity contribution in [2.45, 2.75) is 0 Å². The van der Waals surface area contributed by atoms with E-state index in [1.54, 1.807) is 0 Å². The van der Waals surface area contributed by atoms with Gasteiger partial charge in [0.05, 0.1) is 10.9 Å². The molecule has 15 heavy (non-hydrogen) atoms. The third-order valence-electron chi connectivity index (χ3n) is 1.95. The van der Waals surface area contributed by atoms with Gasteiger partial charge in [0.15, 0.2) is 0 Å². The van der Waals surface area contributed by atoms with Crippen LogP contribution in [0.4, 0.5) is 4.79 Å². The van der Waals surface area contributed by atoms with E-state index in [4.69, 9.17) is 10.2 Å². The van der Waals surface area contributed by atoms with Crippen molar-refractivity contribution in [2.75, 3.05) is 0 Å². The lowest BCUT2D eigenvalue weighted by molar-refractivity contribution is 0.195. The molecular weight excluding hydrogens is 200 g/mol. The number of hydrogen-bond acceptors (Lipinski definition) is 4. The Kier molecular flexibility index (Phi) is 1.89. The Morgan fingerprint density at radius 1 is 1.40 bits per heavy atom. The molecule has 0 atom stereocenters. The van der Waals surface area contributed by atoms with E-state index in [9.17, 15) is 9.59 Å². The third kappa shape index (κ3) is 1.41. The molecule has 6 heteroatoms. The Morgan fingerprint density at radius 2 is 2.13 bits per heavy atom. The zero-order chi connectivity index (χ0) is 11.0. The topological polar surface area (TPSA) is 92.4 Å². The molecule has 0 saturated carbocycles. The maximum atomic E-state index is 11.6. The largest absolute Gasteiger partial charge is 0.508 e.